The molecule has 0 spiro atoms. The molecule has 3 aliphatic heterocycles. The zero-order valence-electron chi connectivity index (χ0n) is 25.1. The summed E-state index contributed by atoms with van der Waals surface area (Å²) in [5, 5.41) is 3.09. The van der Waals surface area contributed by atoms with Gasteiger partial charge in [0.15, 0.2) is 0 Å². The predicted octanol–water partition coefficient (Wildman–Crippen LogP) is 6.05. The molecule has 3 aromatic carbocycles. The fourth-order valence-corrected chi connectivity index (χ4v) is 7.00. The van der Waals surface area contributed by atoms with Crippen LogP contribution >= 0.6 is 0 Å². The molecular formula is C38H36N4O3. The molecule has 45 heavy (non-hydrogen) atoms. The molecule has 1 saturated heterocycles. The molecule has 2 bridgehead atoms. The highest BCUT2D eigenvalue weighted by atomic mass is 16.2. The van der Waals surface area contributed by atoms with E-state index in [2.05, 4.69) is 34.5 Å². The number of hydrogen-bond acceptors (Lipinski definition) is 4. The van der Waals surface area contributed by atoms with Crippen molar-refractivity contribution in [2.45, 2.75) is 25.3 Å². The van der Waals surface area contributed by atoms with Crippen LogP contribution in [-0.4, -0.2) is 47.5 Å². The molecule has 7 heteroatoms. The minimum absolute atomic E-state index is 0.0518. The van der Waals surface area contributed by atoms with Crippen molar-refractivity contribution < 1.29 is 9.59 Å². The van der Waals surface area contributed by atoms with E-state index in [4.69, 9.17) is 0 Å². The van der Waals surface area contributed by atoms with Crippen molar-refractivity contribution in [3.63, 3.8) is 0 Å². The summed E-state index contributed by atoms with van der Waals surface area (Å²) in [6, 6.07) is 31.2. The summed E-state index contributed by atoms with van der Waals surface area (Å²) < 4.78 is 1.92. The maximum absolute atomic E-state index is 13.7. The molecule has 4 aromatic rings. The molecule has 226 valence electrons. The van der Waals surface area contributed by atoms with Crippen molar-refractivity contribution >= 4 is 34.8 Å². The van der Waals surface area contributed by atoms with Crippen LogP contribution in [-0.2, 0) is 11.3 Å². The van der Waals surface area contributed by atoms with Crippen LogP contribution < -0.4 is 15.8 Å². The first-order valence-electron chi connectivity index (χ1n) is 15.7. The average molecular weight is 597 g/mol. The summed E-state index contributed by atoms with van der Waals surface area (Å²) in [4.78, 5) is 43.7. The number of benzene rings is 3. The van der Waals surface area contributed by atoms with E-state index in [1.807, 2.05) is 82.3 Å². The number of hydrogen-bond donors (Lipinski definition) is 1. The minimum atomic E-state index is -0.257. The van der Waals surface area contributed by atoms with Crippen LogP contribution in [0, 0.1) is 5.92 Å². The quantitative estimate of drug-likeness (QED) is 0.275. The molecule has 7 rings (SSSR count). The second-order valence-corrected chi connectivity index (χ2v) is 12.2. The van der Waals surface area contributed by atoms with E-state index in [1.165, 1.54) is 17.2 Å². The zero-order valence-corrected chi connectivity index (χ0v) is 25.1. The van der Waals surface area contributed by atoms with Gasteiger partial charge in [0.2, 0.25) is 5.91 Å². The lowest BCUT2D eigenvalue weighted by molar-refractivity contribution is -0.111. The third kappa shape index (κ3) is 6.11. The third-order valence-corrected chi connectivity index (χ3v) is 9.19. The number of anilines is 2. The van der Waals surface area contributed by atoms with E-state index in [1.54, 1.807) is 12.1 Å². The molecule has 2 atom stereocenters. The topological polar surface area (TPSA) is 74.7 Å². The molecule has 1 aromatic heterocycles. The SMILES string of the molecule is O=C(/C=C/c1ccccc1)Nc1cc(C(=O)N2CC=C(c3ccccc3)CC2)ccc1N1CC2CC(C1)c1cccc(=O)n1C2. The van der Waals surface area contributed by atoms with Crippen molar-refractivity contribution in [3.8, 4) is 0 Å². The largest absolute Gasteiger partial charge is 0.369 e. The molecule has 2 amide bonds. The van der Waals surface area contributed by atoms with Crippen molar-refractivity contribution in [1.82, 2.24) is 9.47 Å². The van der Waals surface area contributed by atoms with Gasteiger partial charge in [-0.15, -0.1) is 0 Å². The normalized spacial score (nSPS) is 19.2. The van der Waals surface area contributed by atoms with E-state index in [9.17, 15) is 14.4 Å². The van der Waals surface area contributed by atoms with Gasteiger partial charge in [-0.25, -0.2) is 0 Å². The van der Waals surface area contributed by atoms with Gasteiger partial charge in [-0.1, -0.05) is 72.8 Å². The summed E-state index contributed by atoms with van der Waals surface area (Å²) in [6.07, 6.45) is 7.28. The van der Waals surface area contributed by atoms with Gasteiger partial charge in [0.1, 0.15) is 0 Å². The van der Waals surface area contributed by atoms with Gasteiger partial charge in [0.05, 0.1) is 11.4 Å². The van der Waals surface area contributed by atoms with E-state index >= 15 is 0 Å². The van der Waals surface area contributed by atoms with E-state index in [0.29, 0.717) is 36.8 Å². The van der Waals surface area contributed by atoms with Crippen LogP contribution in [0.2, 0.25) is 0 Å². The summed E-state index contributed by atoms with van der Waals surface area (Å²) in [5.74, 6) is 0.225. The first-order chi connectivity index (χ1) is 22.0. The Morgan fingerprint density at radius 1 is 0.844 bits per heavy atom. The van der Waals surface area contributed by atoms with Crippen molar-refractivity contribution in [3.05, 3.63) is 142 Å². The number of nitrogens with zero attached hydrogens (tertiary/aromatic N) is 3. The lowest BCUT2D eigenvalue weighted by atomic mass is 9.83. The Kier molecular flexibility index (Phi) is 7.91. The summed E-state index contributed by atoms with van der Waals surface area (Å²) >= 11 is 0. The minimum Gasteiger partial charge on any atom is -0.369 e. The van der Waals surface area contributed by atoms with Crippen molar-refractivity contribution in [2.24, 2.45) is 5.92 Å². The van der Waals surface area contributed by atoms with E-state index < -0.39 is 0 Å². The third-order valence-electron chi connectivity index (χ3n) is 9.19. The smallest absolute Gasteiger partial charge is 0.254 e. The molecule has 0 saturated carbocycles. The Bertz CT molecular complexity index is 1840. The van der Waals surface area contributed by atoms with Crippen LogP contribution in [0.5, 0.6) is 0 Å². The highest BCUT2D eigenvalue weighted by Crippen LogP contribution is 2.39. The van der Waals surface area contributed by atoms with Gasteiger partial charge in [-0.3, -0.25) is 14.4 Å². The molecule has 7 nitrogen and oxygen atoms in total. The first-order valence-corrected chi connectivity index (χ1v) is 15.7. The maximum Gasteiger partial charge on any atom is 0.254 e. The number of fused-ring (bicyclic) bond motifs is 4. The number of amides is 2. The van der Waals surface area contributed by atoms with Gasteiger partial charge < -0.3 is 19.7 Å². The number of rotatable bonds is 6. The van der Waals surface area contributed by atoms with Gasteiger partial charge in [0, 0.05) is 62.0 Å². The van der Waals surface area contributed by atoms with Gasteiger partial charge in [0.25, 0.3) is 11.5 Å². The number of pyridine rings is 1. The molecule has 1 N–H and O–H groups in total. The van der Waals surface area contributed by atoms with Gasteiger partial charge in [-0.2, -0.15) is 0 Å². The molecule has 1 fully saturated rings. The fourth-order valence-electron chi connectivity index (χ4n) is 7.00. The summed E-state index contributed by atoms with van der Waals surface area (Å²) in [7, 11) is 0. The number of piperidine rings is 1. The predicted molar refractivity (Wildman–Crippen MR) is 179 cm³/mol. The summed E-state index contributed by atoms with van der Waals surface area (Å²) in [6.45, 7) is 3.37. The molecular weight excluding hydrogens is 560 g/mol. The molecule has 4 heterocycles. The van der Waals surface area contributed by atoms with E-state index in [0.717, 1.165) is 42.9 Å². The molecule has 3 aliphatic rings. The van der Waals surface area contributed by atoms with Gasteiger partial charge >= 0.3 is 0 Å². The maximum atomic E-state index is 13.7. The second kappa shape index (κ2) is 12.4. The average Bonchev–Trinajstić information content (AvgIpc) is 3.08. The number of carbonyl (C=O) groups is 2. The second-order valence-electron chi connectivity index (χ2n) is 12.2. The lowest BCUT2D eigenvalue weighted by Crippen LogP contribution is -2.47. The number of nitrogens with one attached hydrogen (secondary N) is 1. The van der Waals surface area contributed by atoms with E-state index in [-0.39, 0.29) is 23.3 Å². The first kappa shape index (κ1) is 28.6. The zero-order chi connectivity index (χ0) is 30.8. The highest BCUT2D eigenvalue weighted by molar-refractivity contribution is 6.05. The van der Waals surface area contributed by atoms with Crippen molar-refractivity contribution in [1.29, 1.82) is 0 Å². The van der Waals surface area contributed by atoms with Crippen LogP contribution in [0.25, 0.3) is 11.6 Å². The molecule has 0 radical (unpaired) electrons. The fraction of sp³-hybridized carbons (Fsp3) is 0.237. The van der Waals surface area contributed by atoms with Crippen LogP contribution in [0.4, 0.5) is 11.4 Å². The Morgan fingerprint density at radius 3 is 2.42 bits per heavy atom. The molecule has 0 aliphatic carbocycles. The molecule has 2 unspecified atom stereocenters. The van der Waals surface area contributed by atoms with Crippen LogP contribution in [0.15, 0.2) is 114 Å². The summed E-state index contributed by atoms with van der Waals surface area (Å²) in [5.41, 5.74) is 6.56. The number of carbonyl (C=O) groups excluding carboxylic acids is 2. The standard InChI is InChI=1S/C38H36N4O3/c43-36(17-14-27-8-3-1-4-9-27)39-33-23-31(38(45)40-20-18-30(19-21-40)29-10-5-2-6-11-29)15-16-35(33)41-24-28-22-32(26-41)34-12-7-13-37(44)42(34)25-28/h1-18,23,28,32H,19-22,24-26H2,(H,39,43)/b17-14+. The number of aromatic nitrogens is 1. The highest BCUT2D eigenvalue weighted by Gasteiger charge is 2.35. The lowest BCUT2D eigenvalue weighted by Gasteiger charge is -2.44. The Balaban J connectivity index is 1.16. The van der Waals surface area contributed by atoms with Gasteiger partial charge in [-0.05, 0) is 65.8 Å². The Labute approximate surface area is 263 Å². The van der Waals surface area contributed by atoms with Crippen molar-refractivity contribution in [2.75, 3.05) is 36.4 Å². The Hall–Kier alpha value is -5.17. The Morgan fingerprint density at radius 2 is 1.64 bits per heavy atom. The van der Waals surface area contributed by atoms with Crippen LogP contribution in [0.1, 0.15) is 45.9 Å². The monoisotopic (exact) mass is 596 g/mol. The van der Waals surface area contributed by atoms with Crippen LogP contribution in [0.3, 0.4) is 0 Å².